The predicted octanol–water partition coefficient (Wildman–Crippen LogP) is 10.8. The van der Waals surface area contributed by atoms with Gasteiger partial charge in [0.2, 0.25) is 5.71 Å². The normalized spacial score (nSPS) is 12.4. The fraction of sp³-hybridized carbons (Fsp3) is 0. The van der Waals surface area contributed by atoms with Crippen LogP contribution in [0.5, 0.6) is 0 Å². The van der Waals surface area contributed by atoms with E-state index in [1.54, 1.807) is 0 Å². The molecule has 4 aromatic heterocycles. The van der Waals surface area contributed by atoms with Crippen LogP contribution in [0.2, 0.25) is 5.15 Å². The first-order chi connectivity index (χ1) is 20.8. The second-order valence-corrected chi connectivity index (χ2v) is 12.1. The van der Waals surface area contributed by atoms with E-state index >= 15 is 0 Å². The van der Waals surface area contributed by atoms with Gasteiger partial charge >= 0.3 is 0 Å². The smallest absolute Gasteiger partial charge is 0.247 e. The molecule has 0 aliphatic carbocycles. The van der Waals surface area contributed by atoms with E-state index in [2.05, 4.69) is 89.5 Å². The Hall–Kier alpha value is -4.97. The Morgan fingerprint density at radius 2 is 1.29 bits per heavy atom. The van der Waals surface area contributed by atoms with Crippen LogP contribution in [0.15, 0.2) is 114 Å². The number of thiophene rings is 1. The molecule has 0 saturated carbocycles. The Bertz CT molecular complexity index is 2770. The van der Waals surface area contributed by atoms with Crippen molar-refractivity contribution in [1.82, 2.24) is 14.5 Å². The Labute approximate surface area is 247 Å². The Morgan fingerprint density at radius 3 is 2.14 bits per heavy atom. The third-order valence-corrected chi connectivity index (χ3v) is 10.00. The van der Waals surface area contributed by atoms with Gasteiger partial charge in [0.25, 0.3) is 0 Å². The average Bonchev–Trinajstić information content (AvgIpc) is 3.70. The van der Waals surface area contributed by atoms with Crippen molar-refractivity contribution in [1.29, 1.82) is 0 Å². The average molecular weight is 576 g/mol. The van der Waals surface area contributed by atoms with Crippen LogP contribution in [0.4, 0.5) is 0 Å². The first kappa shape index (κ1) is 22.7. The number of halogens is 1. The van der Waals surface area contributed by atoms with Crippen LogP contribution >= 0.6 is 22.9 Å². The van der Waals surface area contributed by atoms with Gasteiger partial charge in [0.15, 0.2) is 11.0 Å². The molecule has 0 aliphatic heterocycles. The minimum absolute atomic E-state index is 0.303. The van der Waals surface area contributed by atoms with Gasteiger partial charge in [0.1, 0.15) is 11.1 Å². The van der Waals surface area contributed by atoms with Crippen molar-refractivity contribution in [3.05, 3.63) is 114 Å². The van der Waals surface area contributed by atoms with Crippen molar-refractivity contribution in [3.8, 4) is 5.82 Å². The lowest BCUT2D eigenvalue weighted by molar-refractivity contribution is 0.652. The van der Waals surface area contributed by atoms with Gasteiger partial charge < -0.3 is 4.42 Å². The van der Waals surface area contributed by atoms with E-state index in [0.717, 1.165) is 27.4 Å². The van der Waals surface area contributed by atoms with Crippen LogP contribution in [-0.2, 0) is 0 Å². The van der Waals surface area contributed by atoms with Gasteiger partial charge in [-0.05, 0) is 39.7 Å². The minimum atomic E-state index is 0.303. The van der Waals surface area contributed by atoms with E-state index in [1.165, 1.54) is 47.1 Å². The molecule has 4 heterocycles. The minimum Gasteiger partial charge on any atom is -0.436 e. The first-order valence-electron chi connectivity index (χ1n) is 13.8. The second-order valence-electron chi connectivity index (χ2n) is 10.7. The summed E-state index contributed by atoms with van der Waals surface area (Å²) in [6.45, 7) is 0. The summed E-state index contributed by atoms with van der Waals surface area (Å²) in [5.41, 5.74) is 4.02. The van der Waals surface area contributed by atoms with Gasteiger partial charge in [-0.25, -0.2) is 4.98 Å². The largest absolute Gasteiger partial charge is 0.436 e. The van der Waals surface area contributed by atoms with Crippen LogP contribution in [0.25, 0.3) is 91.5 Å². The lowest BCUT2D eigenvalue weighted by Gasteiger charge is -2.10. The summed E-state index contributed by atoms with van der Waals surface area (Å²) in [5.74, 6) is 0.598. The number of hydrogen-bond donors (Lipinski definition) is 0. The zero-order valence-electron chi connectivity index (χ0n) is 21.9. The molecular formula is C36H18ClN3OS. The summed E-state index contributed by atoms with van der Waals surface area (Å²) >= 11 is 8.84. The first-order valence-corrected chi connectivity index (χ1v) is 15.0. The summed E-state index contributed by atoms with van der Waals surface area (Å²) in [6.07, 6.45) is 0. The quantitative estimate of drug-likeness (QED) is 0.195. The van der Waals surface area contributed by atoms with Crippen molar-refractivity contribution >= 4 is 109 Å². The van der Waals surface area contributed by atoms with Crippen LogP contribution in [-0.4, -0.2) is 14.5 Å². The molecule has 0 bridgehead atoms. The van der Waals surface area contributed by atoms with Crippen molar-refractivity contribution < 1.29 is 4.42 Å². The van der Waals surface area contributed by atoms with E-state index in [4.69, 9.17) is 26.0 Å². The second kappa shape index (κ2) is 8.07. The molecule has 0 amide bonds. The molecule has 6 aromatic carbocycles. The third-order valence-electron chi connectivity index (χ3n) is 8.50. The Balaban J connectivity index is 1.49. The number of fused-ring (bicyclic) bond motifs is 15. The molecule has 0 atom stereocenters. The highest BCUT2D eigenvalue weighted by molar-refractivity contribution is 7.27. The Morgan fingerprint density at radius 1 is 0.595 bits per heavy atom. The summed E-state index contributed by atoms with van der Waals surface area (Å²) in [7, 11) is 0. The highest BCUT2D eigenvalue weighted by Crippen LogP contribution is 2.49. The van der Waals surface area contributed by atoms with E-state index < -0.39 is 0 Å². The third kappa shape index (κ3) is 2.82. The summed E-state index contributed by atoms with van der Waals surface area (Å²) in [4.78, 5) is 9.90. The number of benzene rings is 6. The summed E-state index contributed by atoms with van der Waals surface area (Å²) in [6, 6.07) is 38.3. The van der Waals surface area contributed by atoms with Gasteiger partial charge in [-0.1, -0.05) is 103 Å². The number of rotatable bonds is 1. The molecular weight excluding hydrogens is 558 g/mol. The predicted molar refractivity (Wildman–Crippen MR) is 177 cm³/mol. The number of para-hydroxylation sites is 2. The van der Waals surface area contributed by atoms with Crippen LogP contribution in [0.3, 0.4) is 0 Å². The van der Waals surface area contributed by atoms with E-state index in [9.17, 15) is 0 Å². The molecule has 4 nitrogen and oxygen atoms in total. The van der Waals surface area contributed by atoms with Gasteiger partial charge in [-0.3, -0.25) is 4.57 Å². The lowest BCUT2D eigenvalue weighted by atomic mass is 9.98. The van der Waals surface area contributed by atoms with Gasteiger partial charge in [0.05, 0.1) is 15.7 Å². The van der Waals surface area contributed by atoms with Crippen LogP contribution in [0, 0.1) is 0 Å². The maximum atomic E-state index is 7.00. The molecule has 0 spiro atoms. The fourth-order valence-electron chi connectivity index (χ4n) is 6.76. The SMILES string of the molecule is Clc1nc2oc3ccccc3c2nc1-n1c2ccccc2c2c3ccccc3c3c4ccc5ccccc5c4sc3c21. The maximum absolute atomic E-state index is 7.00. The molecule has 196 valence electrons. The molecule has 0 N–H and O–H groups in total. The van der Waals surface area contributed by atoms with Crippen LogP contribution in [0.1, 0.15) is 0 Å². The van der Waals surface area contributed by atoms with Gasteiger partial charge in [-0.15, -0.1) is 11.3 Å². The van der Waals surface area contributed by atoms with E-state index in [0.29, 0.717) is 22.2 Å². The fourth-order valence-corrected chi connectivity index (χ4v) is 8.36. The van der Waals surface area contributed by atoms with Crippen molar-refractivity contribution in [2.45, 2.75) is 0 Å². The van der Waals surface area contributed by atoms with Crippen molar-refractivity contribution in [2.75, 3.05) is 0 Å². The highest BCUT2D eigenvalue weighted by atomic mass is 35.5. The van der Waals surface area contributed by atoms with Crippen molar-refractivity contribution in [3.63, 3.8) is 0 Å². The topological polar surface area (TPSA) is 43.9 Å². The number of furan rings is 1. The molecule has 0 aliphatic rings. The maximum Gasteiger partial charge on any atom is 0.247 e. The van der Waals surface area contributed by atoms with Gasteiger partial charge in [-0.2, -0.15) is 4.98 Å². The summed E-state index contributed by atoms with van der Waals surface area (Å²) < 4.78 is 10.7. The molecule has 6 heteroatoms. The standard InChI is InChI=1S/C36H18ClN3OS/c37-34-35(38-30-24-14-6-8-16-27(24)41-36(30)39-34)40-26-15-7-5-13-23(26)28-21-11-3-4-12-22(21)29-25-18-17-19-9-1-2-10-20(19)32(25)42-33(29)31(28)40/h1-18H. The number of nitrogens with zero attached hydrogens (tertiary/aromatic N) is 3. The summed E-state index contributed by atoms with van der Waals surface area (Å²) in [5, 5.41) is 11.1. The molecule has 10 aromatic rings. The molecule has 0 fully saturated rings. The monoisotopic (exact) mass is 575 g/mol. The molecule has 10 rings (SSSR count). The number of hydrogen-bond acceptors (Lipinski definition) is 4. The Kier molecular flexibility index (Phi) is 4.36. The molecule has 0 saturated heterocycles. The zero-order chi connectivity index (χ0) is 27.5. The van der Waals surface area contributed by atoms with Crippen LogP contribution < -0.4 is 0 Å². The molecule has 0 unspecified atom stereocenters. The highest BCUT2D eigenvalue weighted by Gasteiger charge is 2.25. The lowest BCUT2D eigenvalue weighted by Crippen LogP contribution is -2.00. The number of aromatic nitrogens is 3. The zero-order valence-corrected chi connectivity index (χ0v) is 23.5. The molecule has 0 radical (unpaired) electrons. The van der Waals surface area contributed by atoms with E-state index in [-0.39, 0.29) is 0 Å². The molecule has 42 heavy (non-hydrogen) atoms. The van der Waals surface area contributed by atoms with Crippen molar-refractivity contribution in [2.24, 2.45) is 0 Å². The van der Waals surface area contributed by atoms with Gasteiger partial charge in [0, 0.05) is 31.6 Å². The van der Waals surface area contributed by atoms with E-state index in [1.807, 2.05) is 35.6 Å².